The molecule has 4 rings (SSSR count). The Labute approximate surface area is 170 Å². The summed E-state index contributed by atoms with van der Waals surface area (Å²) in [4.78, 5) is 14.9. The van der Waals surface area contributed by atoms with Crippen LogP contribution >= 0.6 is 0 Å². The normalized spacial score (nSPS) is 19.9. The highest BCUT2D eigenvalue weighted by Gasteiger charge is 2.23. The number of rotatable bonds is 6. The van der Waals surface area contributed by atoms with Crippen molar-refractivity contribution >= 4 is 6.03 Å². The molecule has 2 aliphatic rings. The molecule has 2 unspecified atom stereocenters. The Morgan fingerprint density at radius 1 is 1.03 bits per heavy atom. The third-order valence-electron chi connectivity index (χ3n) is 5.11. The van der Waals surface area contributed by atoms with E-state index < -0.39 is 0 Å². The monoisotopic (exact) mass is 397 g/mol. The van der Waals surface area contributed by atoms with Crippen molar-refractivity contribution in [3.05, 3.63) is 60.2 Å². The summed E-state index contributed by atoms with van der Waals surface area (Å²) in [5.74, 6) is 1.45. The maximum Gasteiger partial charge on any atom is 0.315 e. The molecule has 2 aliphatic heterocycles. The quantitative estimate of drug-likeness (QED) is 0.782. The lowest BCUT2D eigenvalue weighted by molar-refractivity contribution is 0.0339. The second kappa shape index (κ2) is 9.62. The number of hydrogen-bond acceptors (Lipinski definition) is 5. The third-order valence-corrected chi connectivity index (χ3v) is 5.11. The molecule has 2 atom stereocenters. The van der Waals surface area contributed by atoms with Crippen molar-refractivity contribution in [2.75, 3.05) is 46.0 Å². The summed E-state index contributed by atoms with van der Waals surface area (Å²) in [6.07, 6.45) is -0.218. The molecule has 2 heterocycles. The second-order valence-electron chi connectivity index (χ2n) is 7.23. The van der Waals surface area contributed by atoms with Crippen molar-refractivity contribution in [1.29, 1.82) is 0 Å². The van der Waals surface area contributed by atoms with Gasteiger partial charge in [-0.25, -0.2) is 4.79 Å². The van der Waals surface area contributed by atoms with Crippen LogP contribution < -0.4 is 20.1 Å². The number of carbonyl (C=O) groups excluding carboxylic acids is 1. The average Bonchev–Trinajstić information content (AvgIpc) is 2.78. The van der Waals surface area contributed by atoms with E-state index in [2.05, 4.69) is 15.5 Å². The molecule has 0 aromatic heterocycles. The Morgan fingerprint density at radius 2 is 1.76 bits per heavy atom. The van der Waals surface area contributed by atoms with Crippen LogP contribution in [0.25, 0.3) is 0 Å². The van der Waals surface area contributed by atoms with E-state index in [1.165, 1.54) is 0 Å². The first-order valence-corrected chi connectivity index (χ1v) is 10.1. The molecule has 0 saturated carbocycles. The van der Waals surface area contributed by atoms with Crippen molar-refractivity contribution in [3.63, 3.8) is 0 Å². The molecule has 2 aromatic rings. The van der Waals surface area contributed by atoms with Gasteiger partial charge >= 0.3 is 6.03 Å². The average molecular weight is 397 g/mol. The van der Waals surface area contributed by atoms with Gasteiger partial charge in [-0.1, -0.05) is 42.5 Å². The summed E-state index contributed by atoms with van der Waals surface area (Å²) in [5.41, 5.74) is 1.08. The van der Waals surface area contributed by atoms with E-state index >= 15 is 0 Å². The standard InChI is InChI=1S/C22H27N3O4/c26-22(23-14-18-16-28-20-8-4-5-9-21(20)29-18)24-19(17-6-2-1-3-7-17)15-25-10-12-27-13-11-25/h1-9,18-19H,10-16H2,(H2,23,24,26). The zero-order valence-electron chi connectivity index (χ0n) is 16.4. The maximum absolute atomic E-state index is 12.6. The van der Waals surface area contributed by atoms with Crippen molar-refractivity contribution in [1.82, 2.24) is 15.5 Å². The number of urea groups is 1. The number of carbonyl (C=O) groups is 1. The van der Waals surface area contributed by atoms with Gasteiger partial charge in [-0.05, 0) is 17.7 Å². The van der Waals surface area contributed by atoms with Gasteiger partial charge in [-0.3, -0.25) is 4.90 Å². The van der Waals surface area contributed by atoms with E-state index in [0.717, 1.165) is 44.2 Å². The summed E-state index contributed by atoms with van der Waals surface area (Å²) in [7, 11) is 0. The van der Waals surface area contributed by atoms with Gasteiger partial charge < -0.3 is 24.8 Å². The molecule has 29 heavy (non-hydrogen) atoms. The minimum absolute atomic E-state index is 0.0986. The largest absolute Gasteiger partial charge is 0.486 e. The predicted molar refractivity (Wildman–Crippen MR) is 109 cm³/mol. The Kier molecular flexibility index (Phi) is 6.49. The van der Waals surface area contributed by atoms with Gasteiger partial charge in [0, 0.05) is 19.6 Å². The third kappa shape index (κ3) is 5.40. The van der Waals surface area contributed by atoms with Crippen LogP contribution in [0.1, 0.15) is 11.6 Å². The van der Waals surface area contributed by atoms with E-state index in [4.69, 9.17) is 14.2 Å². The van der Waals surface area contributed by atoms with Crippen molar-refractivity contribution in [2.24, 2.45) is 0 Å². The molecule has 1 fully saturated rings. The van der Waals surface area contributed by atoms with Crippen molar-refractivity contribution in [3.8, 4) is 11.5 Å². The number of morpholine rings is 1. The molecular weight excluding hydrogens is 370 g/mol. The highest BCUT2D eigenvalue weighted by atomic mass is 16.6. The van der Waals surface area contributed by atoms with Crippen LogP contribution in [0.2, 0.25) is 0 Å². The van der Waals surface area contributed by atoms with E-state index in [1.807, 2.05) is 54.6 Å². The lowest BCUT2D eigenvalue weighted by Gasteiger charge is -2.31. The van der Waals surface area contributed by atoms with E-state index in [-0.39, 0.29) is 18.2 Å². The lowest BCUT2D eigenvalue weighted by Crippen LogP contribution is -2.48. The number of nitrogens with one attached hydrogen (secondary N) is 2. The molecule has 2 N–H and O–H groups in total. The molecule has 1 saturated heterocycles. The van der Waals surface area contributed by atoms with Gasteiger partial charge in [0.1, 0.15) is 6.61 Å². The summed E-state index contributed by atoms with van der Waals surface area (Å²) in [6, 6.07) is 17.3. The molecule has 7 heteroatoms. The fraction of sp³-hybridized carbons (Fsp3) is 0.409. The van der Waals surface area contributed by atoms with Gasteiger partial charge in [0.2, 0.25) is 0 Å². The minimum Gasteiger partial charge on any atom is -0.486 e. The molecular formula is C22H27N3O4. The lowest BCUT2D eigenvalue weighted by atomic mass is 10.1. The van der Waals surface area contributed by atoms with Crippen LogP contribution in [0.4, 0.5) is 4.79 Å². The maximum atomic E-state index is 12.6. The Hall–Kier alpha value is -2.77. The fourth-order valence-corrected chi connectivity index (χ4v) is 3.54. The summed E-state index contributed by atoms with van der Waals surface area (Å²) in [5, 5.41) is 6.03. The smallest absolute Gasteiger partial charge is 0.315 e. The number of fused-ring (bicyclic) bond motifs is 1. The highest BCUT2D eigenvalue weighted by molar-refractivity contribution is 5.74. The zero-order chi connectivity index (χ0) is 19.9. The van der Waals surface area contributed by atoms with Gasteiger partial charge in [0.25, 0.3) is 0 Å². The van der Waals surface area contributed by atoms with Crippen LogP contribution in [0.15, 0.2) is 54.6 Å². The van der Waals surface area contributed by atoms with Crippen LogP contribution in [-0.2, 0) is 4.74 Å². The van der Waals surface area contributed by atoms with E-state index in [0.29, 0.717) is 18.9 Å². The molecule has 0 aliphatic carbocycles. The Balaban J connectivity index is 1.31. The molecule has 0 bridgehead atoms. The molecule has 7 nitrogen and oxygen atoms in total. The molecule has 2 amide bonds. The Bertz CT molecular complexity index is 796. The predicted octanol–water partition coefficient (Wildman–Crippen LogP) is 2.20. The number of hydrogen-bond donors (Lipinski definition) is 2. The van der Waals surface area contributed by atoms with Gasteiger partial charge in [0.05, 0.1) is 25.8 Å². The van der Waals surface area contributed by atoms with Crippen LogP contribution in [0.3, 0.4) is 0 Å². The molecule has 0 spiro atoms. The number of nitrogens with zero attached hydrogens (tertiary/aromatic N) is 1. The Morgan fingerprint density at radius 3 is 2.55 bits per heavy atom. The van der Waals surface area contributed by atoms with Crippen molar-refractivity contribution in [2.45, 2.75) is 12.1 Å². The van der Waals surface area contributed by atoms with Gasteiger partial charge in [-0.2, -0.15) is 0 Å². The van der Waals surface area contributed by atoms with Crippen LogP contribution in [0, 0.1) is 0 Å². The zero-order valence-corrected chi connectivity index (χ0v) is 16.4. The molecule has 0 radical (unpaired) electrons. The summed E-state index contributed by atoms with van der Waals surface area (Å²) >= 11 is 0. The van der Waals surface area contributed by atoms with Gasteiger partial charge in [0.15, 0.2) is 17.6 Å². The van der Waals surface area contributed by atoms with Crippen LogP contribution in [-0.4, -0.2) is 63.0 Å². The number of amides is 2. The van der Waals surface area contributed by atoms with E-state index in [9.17, 15) is 4.79 Å². The first-order valence-electron chi connectivity index (χ1n) is 10.1. The minimum atomic E-state index is -0.218. The fourth-order valence-electron chi connectivity index (χ4n) is 3.54. The highest BCUT2D eigenvalue weighted by Crippen LogP contribution is 2.30. The topological polar surface area (TPSA) is 72.1 Å². The van der Waals surface area contributed by atoms with Gasteiger partial charge in [-0.15, -0.1) is 0 Å². The van der Waals surface area contributed by atoms with Crippen LogP contribution in [0.5, 0.6) is 11.5 Å². The first-order chi connectivity index (χ1) is 14.3. The number of benzene rings is 2. The molecule has 2 aromatic carbocycles. The summed E-state index contributed by atoms with van der Waals surface area (Å²) in [6.45, 7) is 4.74. The molecule has 154 valence electrons. The SMILES string of the molecule is O=C(NCC1COc2ccccc2O1)NC(CN1CCOCC1)c1ccccc1. The summed E-state index contributed by atoms with van der Waals surface area (Å²) < 4.78 is 17.0. The van der Waals surface area contributed by atoms with E-state index in [1.54, 1.807) is 0 Å². The number of ether oxygens (including phenoxy) is 3. The number of para-hydroxylation sites is 2. The first kappa shape index (κ1) is 19.5. The second-order valence-corrected chi connectivity index (χ2v) is 7.23. The van der Waals surface area contributed by atoms with Crippen molar-refractivity contribution < 1.29 is 19.0 Å².